The molecule has 1 saturated carbocycles. The molecule has 1 aliphatic heterocycles. The average molecular weight is 239 g/mol. The molecule has 17 heavy (non-hydrogen) atoms. The third-order valence-electron chi connectivity index (χ3n) is 4.23. The van der Waals surface area contributed by atoms with Crippen LogP contribution in [0.4, 0.5) is 0 Å². The molecule has 3 unspecified atom stereocenters. The molecule has 1 aliphatic carbocycles. The molecule has 1 saturated heterocycles. The number of hydrogen-bond donors (Lipinski definition) is 2. The Kier molecular flexibility index (Phi) is 3.73. The number of nitrogens with one attached hydrogen (secondary N) is 1. The quantitative estimate of drug-likeness (QED) is 0.708. The molecule has 0 aromatic rings. The van der Waals surface area contributed by atoms with Crippen molar-refractivity contribution in [1.29, 1.82) is 0 Å². The Labute approximate surface area is 104 Å². The van der Waals surface area contributed by atoms with Crippen molar-refractivity contribution in [1.82, 2.24) is 10.2 Å². The second-order valence-electron chi connectivity index (χ2n) is 5.94. The number of nitrogens with zero attached hydrogens (tertiary/aromatic N) is 1. The van der Waals surface area contributed by atoms with E-state index >= 15 is 0 Å². The molecule has 0 aromatic heterocycles. The largest absolute Gasteiger partial charge is 0.340 e. The predicted octanol–water partition coefficient (Wildman–Crippen LogP) is 0.714. The Hall–Kier alpha value is -0.610. The van der Waals surface area contributed by atoms with E-state index in [0.29, 0.717) is 6.04 Å². The smallest absolute Gasteiger partial charge is 0.227 e. The third kappa shape index (κ3) is 2.80. The van der Waals surface area contributed by atoms with E-state index in [4.69, 9.17) is 5.73 Å². The van der Waals surface area contributed by atoms with Crippen LogP contribution in [-0.4, -0.2) is 42.0 Å². The normalized spacial score (nSPS) is 39.1. The van der Waals surface area contributed by atoms with Gasteiger partial charge in [-0.25, -0.2) is 0 Å². The van der Waals surface area contributed by atoms with E-state index in [0.717, 1.165) is 45.3 Å². The monoisotopic (exact) mass is 239 g/mol. The lowest BCUT2D eigenvalue weighted by Gasteiger charge is -2.42. The predicted molar refractivity (Wildman–Crippen MR) is 68.6 cm³/mol. The van der Waals surface area contributed by atoms with Crippen LogP contribution < -0.4 is 11.1 Å². The summed E-state index contributed by atoms with van der Waals surface area (Å²) in [4.78, 5) is 14.5. The van der Waals surface area contributed by atoms with Gasteiger partial charge in [0.2, 0.25) is 5.91 Å². The molecule has 0 spiro atoms. The van der Waals surface area contributed by atoms with Gasteiger partial charge in [0, 0.05) is 31.2 Å². The highest BCUT2D eigenvalue weighted by Crippen LogP contribution is 2.33. The molecular weight excluding hydrogens is 214 g/mol. The molecule has 0 bridgehead atoms. The number of rotatable bonds is 1. The van der Waals surface area contributed by atoms with Gasteiger partial charge in [0.15, 0.2) is 0 Å². The number of amides is 1. The number of piperazine rings is 1. The molecule has 1 heterocycles. The first kappa shape index (κ1) is 12.8. The van der Waals surface area contributed by atoms with Crippen molar-refractivity contribution < 1.29 is 4.79 Å². The van der Waals surface area contributed by atoms with E-state index in [1.807, 2.05) is 11.8 Å². The molecule has 4 heteroatoms. The minimum absolute atomic E-state index is 0.0292. The first-order valence-corrected chi connectivity index (χ1v) is 6.82. The molecule has 2 rings (SSSR count). The van der Waals surface area contributed by atoms with Crippen LogP contribution in [-0.2, 0) is 4.79 Å². The summed E-state index contributed by atoms with van der Waals surface area (Å²) >= 11 is 0. The zero-order chi connectivity index (χ0) is 12.5. The van der Waals surface area contributed by atoms with Crippen molar-refractivity contribution in [3.8, 4) is 0 Å². The summed E-state index contributed by atoms with van der Waals surface area (Å²) in [5.41, 5.74) is 6.00. The van der Waals surface area contributed by atoms with E-state index in [9.17, 15) is 4.79 Å². The summed E-state index contributed by atoms with van der Waals surface area (Å²) < 4.78 is 0. The van der Waals surface area contributed by atoms with Crippen LogP contribution >= 0.6 is 0 Å². The Morgan fingerprint density at radius 1 is 1.47 bits per heavy atom. The van der Waals surface area contributed by atoms with Crippen LogP contribution in [0.25, 0.3) is 0 Å². The highest BCUT2D eigenvalue weighted by Gasteiger charge is 2.40. The van der Waals surface area contributed by atoms with Gasteiger partial charge in [0.05, 0.1) is 5.92 Å². The summed E-state index contributed by atoms with van der Waals surface area (Å²) in [6.07, 6.45) is 4.24. The fraction of sp³-hybridized carbons (Fsp3) is 0.923. The van der Waals surface area contributed by atoms with Gasteiger partial charge in [-0.3, -0.25) is 4.79 Å². The second-order valence-corrected chi connectivity index (χ2v) is 5.94. The molecule has 0 radical (unpaired) electrons. The van der Waals surface area contributed by atoms with E-state index in [2.05, 4.69) is 12.2 Å². The van der Waals surface area contributed by atoms with Crippen molar-refractivity contribution in [3.05, 3.63) is 0 Å². The number of carbonyl (C=O) groups excluding carboxylic acids is 1. The van der Waals surface area contributed by atoms with Gasteiger partial charge < -0.3 is 16.0 Å². The number of hydrogen-bond acceptors (Lipinski definition) is 3. The van der Waals surface area contributed by atoms with Gasteiger partial charge in [-0.05, 0) is 26.7 Å². The van der Waals surface area contributed by atoms with E-state index in [-0.39, 0.29) is 17.4 Å². The second kappa shape index (κ2) is 4.94. The Morgan fingerprint density at radius 2 is 2.24 bits per heavy atom. The molecule has 98 valence electrons. The van der Waals surface area contributed by atoms with Gasteiger partial charge >= 0.3 is 0 Å². The van der Waals surface area contributed by atoms with Gasteiger partial charge in [0.1, 0.15) is 0 Å². The van der Waals surface area contributed by atoms with E-state index in [1.54, 1.807) is 0 Å². The highest BCUT2D eigenvalue weighted by atomic mass is 16.2. The lowest BCUT2D eigenvalue weighted by atomic mass is 9.74. The highest BCUT2D eigenvalue weighted by molar-refractivity contribution is 5.80. The third-order valence-corrected chi connectivity index (χ3v) is 4.23. The molecular formula is C13H25N3O. The molecule has 3 atom stereocenters. The minimum Gasteiger partial charge on any atom is -0.340 e. The standard InChI is InChI=1S/C13H25N3O/c1-10-9-16(8-7-15-10)12(17)11-5-3-4-6-13(11,2)14/h10-11,15H,3-9,14H2,1-2H3. The lowest BCUT2D eigenvalue weighted by Crippen LogP contribution is -2.58. The SMILES string of the molecule is CC1CN(C(=O)C2CCCCC2(C)N)CCN1. The molecule has 0 aromatic carbocycles. The van der Waals surface area contributed by atoms with Crippen LogP contribution in [0.1, 0.15) is 39.5 Å². The fourth-order valence-corrected chi connectivity index (χ4v) is 3.12. The minimum atomic E-state index is -0.302. The zero-order valence-electron chi connectivity index (χ0n) is 11.0. The average Bonchev–Trinajstić information content (AvgIpc) is 2.27. The summed E-state index contributed by atoms with van der Waals surface area (Å²) in [6.45, 7) is 6.73. The van der Waals surface area contributed by atoms with E-state index in [1.165, 1.54) is 0 Å². The van der Waals surface area contributed by atoms with Gasteiger partial charge in [0.25, 0.3) is 0 Å². The first-order valence-electron chi connectivity index (χ1n) is 6.82. The van der Waals surface area contributed by atoms with E-state index < -0.39 is 0 Å². The van der Waals surface area contributed by atoms with Crippen LogP contribution in [0.2, 0.25) is 0 Å². The summed E-state index contributed by atoms with van der Waals surface area (Å²) in [7, 11) is 0. The van der Waals surface area contributed by atoms with Gasteiger partial charge in [-0.1, -0.05) is 12.8 Å². The maximum atomic E-state index is 12.5. The van der Waals surface area contributed by atoms with Crippen LogP contribution in [0.15, 0.2) is 0 Å². The fourth-order valence-electron chi connectivity index (χ4n) is 3.12. The maximum absolute atomic E-state index is 12.5. The summed E-state index contributed by atoms with van der Waals surface area (Å²) in [5.74, 6) is 0.310. The maximum Gasteiger partial charge on any atom is 0.227 e. The van der Waals surface area contributed by atoms with Crippen LogP contribution in [0.5, 0.6) is 0 Å². The molecule has 3 N–H and O–H groups in total. The van der Waals surface area contributed by atoms with Crippen molar-refractivity contribution in [3.63, 3.8) is 0 Å². The molecule has 1 amide bonds. The van der Waals surface area contributed by atoms with Crippen molar-refractivity contribution in [2.45, 2.75) is 51.1 Å². The van der Waals surface area contributed by atoms with Crippen molar-refractivity contribution >= 4 is 5.91 Å². The van der Waals surface area contributed by atoms with Gasteiger partial charge in [-0.2, -0.15) is 0 Å². The Bertz CT molecular complexity index is 290. The lowest BCUT2D eigenvalue weighted by molar-refractivity contribution is -0.140. The topological polar surface area (TPSA) is 58.4 Å². The first-order chi connectivity index (χ1) is 8.00. The van der Waals surface area contributed by atoms with Crippen molar-refractivity contribution in [2.75, 3.05) is 19.6 Å². The summed E-state index contributed by atoms with van der Waals surface area (Å²) in [6, 6.07) is 0.403. The van der Waals surface area contributed by atoms with Gasteiger partial charge in [-0.15, -0.1) is 0 Å². The number of carbonyl (C=O) groups is 1. The van der Waals surface area contributed by atoms with Crippen LogP contribution in [0, 0.1) is 5.92 Å². The summed E-state index contributed by atoms with van der Waals surface area (Å²) in [5, 5.41) is 3.37. The Morgan fingerprint density at radius 3 is 2.88 bits per heavy atom. The molecule has 4 nitrogen and oxygen atoms in total. The van der Waals surface area contributed by atoms with Crippen LogP contribution in [0.3, 0.4) is 0 Å². The Balaban J connectivity index is 2.02. The zero-order valence-corrected chi connectivity index (χ0v) is 11.0. The number of nitrogens with two attached hydrogens (primary N) is 1. The molecule has 2 fully saturated rings. The molecule has 2 aliphatic rings. The van der Waals surface area contributed by atoms with Crippen molar-refractivity contribution in [2.24, 2.45) is 11.7 Å².